The second-order valence-corrected chi connectivity index (χ2v) is 5.39. The van der Waals surface area contributed by atoms with Crippen molar-refractivity contribution < 1.29 is 5.11 Å². The van der Waals surface area contributed by atoms with Crippen LogP contribution >= 0.6 is 23.2 Å². The summed E-state index contributed by atoms with van der Waals surface area (Å²) in [7, 11) is 0. The summed E-state index contributed by atoms with van der Waals surface area (Å²) in [6.07, 6.45) is 1.43. The van der Waals surface area contributed by atoms with Crippen LogP contribution in [-0.4, -0.2) is 5.11 Å². The Balaban J connectivity index is 2.29. The third-order valence-corrected chi connectivity index (χ3v) is 3.80. The van der Waals surface area contributed by atoms with Gasteiger partial charge in [0.1, 0.15) is 6.10 Å². The maximum atomic E-state index is 10.4. The highest BCUT2D eigenvalue weighted by Crippen LogP contribution is 2.29. The molecule has 2 aromatic carbocycles. The fourth-order valence-electron chi connectivity index (χ4n) is 2.08. The SMILES string of the molecule is CCCc1cccc(C(O)c2ccc(Cl)c(Cl)c2)c1. The number of halogens is 2. The van der Waals surface area contributed by atoms with Crippen LogP contribution in [0.4, 0.5) is 0 Å². The highest BCUT2D eigenvalue weighted by atomic mass is 35.5. The van der Waals surface area contributed by atoms with Crippen molar-refractivity contribution in [3.8, 4) is 0 Å². The lowest BCUT2D eigenvalue weighted by Crippen LogP contribution is -2.00. The van der Waals surface area contributed by atoms with E-state index >= 15 is 0 Å². The Labute approximate surface area is 123 Å². The molecule has 1 unspecified atom stereocenters. The number of hydrogen-bond donors (Lipinski definition) is 1. The van der Waals surface area contributed by atoms with Gasteiger partial charge in [-0.1, -0.05) is 66.9 Å². The van der Waals surface area contributed by atoms with Crippen molar-refractivity contribution >= 4 is 23.2 Å². The molecular formula is C16H16Cl2O. The van der Waals surface area contributed by atoms with E-state index < -0.39 is 6.10 Å². The summed E-state index contributed by atoms with van der Waals surface area (Å²) in [5.41, 5.74) is 2.87. The Bertz CT molecular complexity index is 566. The topological polar surface area (TPSA) is 20.2 Å². The van der Waals surface area contributed by atoms with Crippen molar-refractivity contribution in [1.29, 1.82) is 0 Å². The van der Waals surface area contributed by atoms with E-state index in [0.717, 1.165) is 24.0 Å². The Hall–Kier alpha value is -1.02. The quantitative estimate of drug-likeness (QED) is 0.839. The number of benzene rings is 2. The zero-order valence-corrected chi connectivity index (χ0v) is 12.2. The minimum absolute atomic E-state index is 0.461. The van der Waals surface area contributed by atoms with E-state index in [1.807, 2.05) is 18.2 Å². The van der Waals surface area contributed by atoms with Crippen molar-refractivity contribution in [3.05, 3.63) is 69.2 Å². The van der Waals surface area contributed by atoms with Crippen molar-refractivity contribution in [2.24, 2.45) is 0 Å². The lowest BCUT2D eigenvalue weighted by Gasteiger charge is -2.13. The summed E-state index contributed by atoms with van der Waals surface area (Å²) in [6.45, 7) is 2.14. The molecule has 0 bridgehead atoms. The predicted octanol–water partition coefficient (Wildman–Crippen LogP) is 5.03. The monoisotopic (exact) mass is 294 g/mol. The van der Waals surface area contributed by atoms with E-state index in [4.69, 9.17) is 23.2 Å². The second-order valence-electron chi connectivity index (χ2n) is 4.57. The van der Waals surface area contributed by atoms with Crippen LogP contribution in [-0.2, 0) is 6.42 Å². The van der Waals surface area contributed by atoms with Gasteiger partial charge in [-0.15, -0.1) is 0 Å². The van der Waals surface area contributed by atoms with E-state index in [0.29, 0.717) is 10.0 Å². The summed E-state index contributed by atoms with van der Waals surface area (Å²) in [6, 6.07) is 13.2. The maximum Gasteiger partial charge on any atom is 0.104 e. The number of aliphatic hydroxyl groups is 1. The Morgan fingerprint density at radius 2 is 1.74 bits per heavy atom. The van der Waals surface area contributed by atoms with Crippen LogP contribution in [0.2, 0.25) is 10.0 Å². The molecular weight excluding hydrogens is 279 g/mol. The normalized spacial score (nSPS) is 12.4. The molecule has 3 heteroatoms. The minimum atomic E-state index is -0.674. The molecule has 0 saturated carbocycles. The van der Waals surface area contributed by atoms with Gasteiger partial charge in [0.05, 0.1) is 10.0 Å². The van der Waals surface area contributed by atoms with Crippen LogP contribution in [0, 0.1) is 0 Å². The molecule has 2 rings (SSSR count). The summed E-state index contributed by atoms with van der Waals surface area (Å²) in [4.78, 5) is 0. The summed E-state index contributed by atoms with van der Waals surface area (Å²) < 4.78 is 0. The zero-order valence-electron chi connectivity index (χ0n) is 10.7. The van der Waals surface area contributed by atoms with Gasteiger partial charge in [0.15, 0.2) is 0 Å². The van der Waals surface area contributed by atoms with E-state index in [-0.39, 0.29) is 0 Å². The largest absolute Gasteiger partial charge is 0.384 e. The van der Waals surface area contributed by atoms with Crippen LogP contribution in [0.5, 0.6) is 0 Å². The predicted molar refractivity (Wildman–Crippen MR) is 81.0 cm³/mol. The smallest absolute Gasteiger partial charge is 0.104 e. The standard InChI is InChI=1S/C16H16Cl2O/c1-2-4-11-5-3-6-12(9-11)16(19)13-7-8-14(17)15(18)10-13/h3,5-10,16,19H,2,4H2,1H3. The maximum absolute atomic E-state index is 10.4. The van der Waals surface area contributed by atoms with Crippen LogP contribution in [0.1, 0.15) is 36.1 Å². The van der Waals surface area contributed by atoms with E-state index in [1.54, 1.807) is 18.2 Å². The summed E-state index contributed by atoms with van der Waals surface area (Å²) in [5, 5.41) is 11.4. The average Bonchev–Trinajstić information content (AvgIpc) is 2.42. The Kier molecular flexibility index (Phi) is 4.87. The summed E-state index contributed by atoms with van der Waals surface area (Å²) in [5.74, 6) is 0. The van der Waals surface area contributed by atoms with Gasteiger partial charge < -0.3 is 5.11 Å². The van der Waals surface area contributed by atoms with Gasteiger partial charge in [-0.05, 0) is 35.2 Å². The van der Waals surface area contributed by atoms with E-state index in [9.17, 15) is 5.11 Å². The van der Waals surface area contributed by atoms with Gasteiger partial charge in [-0.25, -0.2) is 0 Å². The van der Waals surface area contributed by atoms with Gasteiger partial charge in [-0.3, -0.25) is 0 Å². The van der Waals surface area contributed by atoms with Crippen LogP contribution < -0.4 is 0 Å². The lowest BCUT2D eigenvalue weighted by atomic mass is 9.98. The third-order valence-electron chi connectivity index (χ3n) is 3.06. The Morgan fingerprint density at radius 1 is 1.00 bits per heavy atom. The van der Waals surface area contributed by atoms with E-state index in [1.165, 1.54) is 5.56 Å². The average molecular weight is 295 g/mol. The number of aliphatic hydroxyl groups excluding tert-OH is 1. The highest BCUT2D eigenvalue weighted by molar-refractivity contribution is 6.42. The first-order valence-corrected chi connectivity index (χ1v) is 7.09. The van der Waals surface area contributed by atoms with E-state index in [2.05, 4.69) is 13.0 Å². The van der Waals surface area contributed by atoms with Crippen molar-refractivity contribution in [1.82, 2.24) is 0 Å². The molecule has 0 aliphatic heterocycles. The van der Waals surface area contributed by atoms with Crippen molar-refractivity contribution in [2.45, 2.75) is 25.9 Å². The molecule has 0 radical (unpaired) electrons. The molecule has 0 heterocycles. The molecule has 0 amide bonds. The number of hydrogen-bond acceptors (Lipinski definition) is 1. The molecule has 0 aliphatic rings. The molecule has 1 N–H and O–H groups in total. The molecule has 2 aromatic rings. The molecule has 100 valence electrons. The lowest BCUT2D eigenvalue weighted by molar-refractivity contribution is 0.220. The molecule has 1 atom stereocenters. The minimum Gasteiger partial charge on any atom is -0.384 e. The first kappa shape index (κ1) is 14.4. The molecule has 0 aromatic heterocycles. The van der Waals surface area contributed by atoms with Gasteiger partial charge in [0.25, 0.3) is 0 Å². The highest BCUT2D eigenvalue weighted by Gasteiger charge is 2.12. The molecule has 0 aliphatic carbocycles. The molecule has 0 saturated heterocycles. The van der Waals surface area contributed by atoms with Crippen LogP contribution in [0.3, 0.4) is 0 Å². The van der Waals surface area contributed by atoms with Gasteiger partial charge in [0, 0.05) is 0 Å². The van der Waals surface area contributed by atoms with Crippen LogP contribution in [0.15, 0.2) is 42.5 Å². The van der Waals surface area contributed by atoms with Crippen LogP contribution in [0.25, 0.3) is 0 Å². The van der Waals surface area contributed by atoms with Crippen molar-refractivity contribution in [2.75, 3.05) is 0 Å². The molecule has 0 spiro atoms. The molecule has 1 nitrogen and oxygen atoms in total. The number of rotatable bonds is 4. The third kappa shape index (κ3) is 3.50. The first-order valence-electron chi connectivity index (χ1n) is 6.33. The fraction of sp³-hybridized carbons (Fsp3) is 0.250. The van der Waals surface area contributed by atoms with Crippen molar-refractivity contribution in [3.63, 3.8) is 0 Å². The summed E-state index contributed by atoms with van der Waals surface area (Å²) >= 11 is 11.9. The number of aryl methyl sites for hydroxylation is 1. The Morgan fingerprint density at radius 3 is 2.42 bits per heavy atom. The molecule has 19 heavy (non-hydrogen) atoms. The second kappa shape index (κ2) is 6.42. The molecule has 0 fully saturated rings. The van der Waals surface area contributed by atoms with Gasteiger partial charge in [-0.2, -0.15) is 0 Å². The zero-order chi connectivity index (χ0) is 13.8. The first-order chi connectivity index (χ1) is 9.11. The van der Waals surface area contributed by atoms with Gasteiger partial charge in [0.2, 0.25) is 0 Å². The fourth-order valence-corrected chi connectivity index (χ4v) is 2.39. The van der Waals surface area contributed by atoms with Gasteiger partial charge >= 0.3 is 0 Å².